The van der Waals surface area contributed by atoms with Crippen molar-refractivity contribution >= 4 is 24.8 Å². The van der Waals surface area contributed by atoms with Crippen LogP contribution >= 0.6 is 19.1 Å². The topological polar surface area (TPSA) is 38.3 Å². The molecular formula is C13H13ClNO2P. The van der Waals surface area contributed by atoms with E-state index in [2.05, 4.69) is 5.09 Å². The molecule has 0 bridgehead atoms. The number of halogens is 1. The minimum Gasteiger partial charge on any atom is -0.429 e. The molecule has 2 aromatic rings. The second kappa shape index (κ2) is 5.47. The fraction of sp³-hybridized carbons (Fsp3) is 0.0769. The van der Waals surface area contributed by atoms with Crippen molar-refractivity contribution in [1.29, 1.82) is 0 Å². The molecule has 0 radical (unpaired) electrons. The molecule has 0 aliphatic heterocycles. The van der Waals surface area contributed by atoms with Gasteiger partial charge in [-0.25, -0.2) is 0 Å². The highest BCUT2D eigenvalue weighted by atomic mass is 35.5. The maximum Gasteiger partial charge on any atom is 0.338 e. The molecule has 0 aliphatic rings. The zero-order valence-electron chi connectivity index (χ0n) is 9.84. The second-order valence-electron chi connectivity index (χ2n) is 3.87. The smallest absolute Gasteiger partial charge is 0.338 e. The zero-order valence-corrected chi connectivity index (χ0v) is 11.5. The van der Waals surface area contributed by atoms with Gasteiger partial charge in [-0.1, -0.05) is 29.8 Å². The summed E-state index contributed by atoms with van der Waals surface area (Å²) in [5.74, 6) is 0.574. The highest BCUT2D eigenvalue weighted by Crippen LogP contribution is 2.43. The average Bonchev–Trinajstić information content (AvgIpc) is 2.32. The largest absolute Gasteiger partial charge is 0.429 e. The van der Waals surface area contributed by atoms with Gasteiger partial charge in [0.15, 0.2) is 0 Å². The van der Waals surface area contributed by atoms with Gasteiger partial charge < -0.3 is 9.61 Å². The second-order valence-corrected chi connectivity index (χ2v) is 6.40. The lowest BCUT2D eigenvalue weighted by Gasteiger charge is -2.17. The molecule has 3 nitrogen and oxygen atoms in total. The summed E-state index contributed by atoms with van der Waals surface area (Å²) >= 11 is 5.78. The molecule has 0 saturated carbocycles. The third-order valence-electron chi connectivity index (χ3n) is 2.20. The molecule has 0 saturated heterocycles. The first-order valence-corrected chi connectivity index (χ1v) is 7.86. The van der Waals surface area contributed by atoms with Crippen molar-refractivity contribution in [2.45, 2.75) is 0 Å². The molecule has 0 aliphatic carbocycles. The molecule has 0 amide bonds. The van der Waals surface area contributed by atoms with Crippen molar-refractivity contribution in [3.05, 3.63) is 59.6 Å². The van der Waals surface area contributed by atoms with E-state index in [0.29, 0.717) is 16.5 Å². The van der Waals surface area contributed by atoms with Gasteiger partial charge in [0.25, 0.3) is 0 Å². The number of hydrogen-bond donors (Lipinski definition) is 1. The van der Waals surface area contributed by atoms with Crippen molar-refractivity contribution in [3.63, 3.8) is 0 Å². The van der Waals surface area contributed by atoms with E-state index >= 15 is 0 Å². The zero-order chi connectivity index (χ0) is 13.0. The summed E-state index contributed by atoms with van der Waals surface area (Å²) < 4.78 is 17.7. The molecule has 5 heteroatoms. The van der Waals surface area contributed by atoms with Gasteiger partial charge in [0.1, 0.15) is 5.75 Å². The monoisotopic (exact) mass is 281 g/mol. The van der Waals surface area contributed by atoms with Crippen LogP contribution in [0, 0.1) is 0 Å². The van der Waals surface area contributed by atoms with Crippen molar-refractivity contribution in [1.82, 2.24) is 0 Å². The molecule has 2 rings (SSSR count). The van der Waals surface area contributed by atoms with Crippen LogP contribution in [0.2, 0.25) is 5.02 Å². The lowest BCUT2D eigenvalue weighted by molar-refractivity contribution is 0.493. The molecule has 18 heavy (non-hydrogen) atoms. The molecule has 0 heterocycles. The van der Waals surface area contributed by atoms with Crippen LogP contribution in [0.3, 0.4) is 0 Å². The summed E-state index contributed by atoms with van der Waals surface area (Å²) in [4.78, 5) is 0. The van der Waals surface area contributed by atoms with Gasteiger partial charge in [0, 0.05) is 17.4 Å². The summed E-state index contributed by atoms with van der Waals surface area (Å²) in [6.45, 7) is 1.54. The van der Waals surface area contributed by atoms with Crippen molar-refractivity contribution < 1.29 is 9.09 Å². The number of benzene rings is 2. The fourth-order valence-corrected chi connectivity index (χ4v) is 2.78. The van der Waals surface area contributed by atoms with Crippen LogP contribution < -0.4 is 9.61 Å². The summed E-state index contributed by atoms with van der Waals surface area (Å²) in [6.07, 6.45) is 0. The average molecular weight is 282 g/mol. The Morgan fingerprint density at radius 2 is 1.67 bits per heavy atom. The number of para-hydroxylation sites is 1. The Morgan fingerprint density at radius 1 is 1.06 bits per heavy atom. The first kappa shape index (κ1) is 13.0. The lowest BCUT2D eigenvalue weighted by atomic mass is 10.3. The number of hydrogen-bond acceptors (Lipinski definition) is 2. The van der Waals surface area contributed by atoms with E-state index in [4.69, 9.17) is 16.1 Å². The highest BCUT2D eigenvalue weighted by molar-refractivity contribution is 7.60. The third kappa shape index (κ3) is 3.80. The Labute approximate surface area is 111 Å². The minimum atomic E-state index is -2.94. The standard InChI is InChI=1S/C13H13ClNO2P/c1-18(16,17-13-5-3-2-4-6-13)15-12-9-7-11(14)8-10-12/h2-10H,1H3,(H,15,16). The van der Waals surface area contributed by atoms with Gasteiger partial charge in [-0.15, -0.1) is 0 Å². The first-order chi connectivity index (χ1) is 8.55. The van der Waals surface area contributed by atoms with Crippen LogP contribution in [0.5, 0.6) is 5.75 Å². The summed E-state index contributed by atoms with van der Waals surface area (Å²) in [5, 5.41) is 3.50. The lowest BCUT2D eigenvalue weighted by Crippen LogP contribution is -2.01. The highest BCUT2D eigenvalue weighted by Gasteiger charge is 2.16. The van der Waals surface area contributed by atoms with E-state index in [0.717, 1.165) is 0 Å². The Kier molecular flexibility index (Phi) is 3.95. The molecular weight excluding hydrogens is 269 g/mol. The molecule has 1 atom stereocenters. The Morgan fingerprint density at radius 3 is 2.28 bits per heavy atom. The van der Waals surface area contributed by atoms with Crippen LogP contribution in [0.15, 0.2) is 54.6 Å². The maximum absolute atomic E-state index is 12.3. The quantitative estimate of drug-likeness (QED) is 0.829. The van der Waals surface area contributed by atoms with Crippen LogP contribution in [-0.4, -0.2) is 6.66 Å². The maximum atomic E-state index is 12.3. The van der Waals surface area contributed by atoms with Gasteiger partial charge in [0.2, 0.25) is 0 Å². The SMILES string of the molecule is CP(=O)(Nc1ccc(Cl)cc1)Oc1ccccc1. The fourth-order valence-electron chi connectivity index (χ4n) is 1.46. The Hall–Kier alpha value is -1.44. The van der Waals surface area contributed by atoms with E-state index in [9.17, 15) is 4.57 Å². The van der Waals surface area contributed by atoms with E-state index in [1.54, 1.807) is 36.4 Å². The molecule has 1 unspecified atom stereocenters. The van der Waals surface area contributed by atoms with Crippen molar-refractivity contribution in [2.75, 3.05) is 11.8 Å². The van der Waals surface area contributed by atoms with E-state index < -0.39 is 7.52 Å². The normalized spacial score (nSPS) is 13.7. The van der Waals surface area contributed by atoms with E-state index in [1.807, 2.05) is 18.2 Å². The molecule has 1 N–H and O–H groups in total. The van der Waals surface area contributed by atoms with Gasteiger partial charge in [-0.2, -0.15) is 0 Å². The van der Waals surface area contributed by atoms with Crippen LogP contribution in [0.1, 0.15) is 0 Å². The van der Waals surface area contributed by atoms with Crippen LogP contribution in [0.25, 0.3) is 0 Å². The number of rotatable bonds is 4. The van der Waals surface area contributed by atoms with Crippen LogP contribution in [-0.2, 0) is 4.57 Å². The summed E-state index contributed by atoms with van der Waals surface area (Å²) in [7, 11) is -2.94. The number of nitrogens with one attached hydrogen (secondary N) is 1. The predicted octanol–water partition coefficient (Wildman–Crippen LogP) is 4.65. The molecule has 2 aromatic carbocycles. The summed E-state index contributed by atoms with van der Waals surface area (Å²) in [5.41, 5.74) is 0.709. The van der Waals surface area contributed by atoms with E-state index in [1.165, 1.54) is 6.66 Å². The Balaban J connectivity index is 2.08. The van der Waals surface area contributed by atoms with Gasteiger partial charge in [0.05, 0.1) is 0 Å². The predicted molar refractivity (Wildman–Crippen MR) is 75.7 cm³/mol. The third-order valence-corrected chi connectivity index (χ3v) is 3.67. The van der Waals surface area contributed by atoms with E-state index in [-0.39, 0.29) is 0 Å². The Bertz CT molecular complexity index is 557. The van der Waals surface area contributed by atoms with Gasteiger partial charge in [-0.05, 0) is 36.4 Å². The van der Waals surface area contributed by atoms with Gasteiger partial charge in [-0.3, -0.25) is 4.57 Å². The van der Waals surface area contributed by atoms with Crippen molar-refractivity contribution in [3.8, 4) is 5.75 Å². The molecule has 0 aromatic heterocycles. The van der Waals surface area contributed by atoms with Crippen molar-refractivity contribution in [2.24, 2.45) is 0 Å². The summed E-state index contributed by atoms with van der Waals surface area (Å²) in [6, 6.07) is 16.0. The number of anilines is 1. The first-order valence-electron chi connectivity index (χ1n) is 5.41. The minimum absolute atomic E-state index is 0.574. The molecule has 0 spiro atoms. The van der Waals surface area contributed by atoms with Crippen LogP contribution in [0.4, 0.5) is 5.69 Å². The molecule has 0 fully saturated rings. The molecule has 94 valence electrons. The van der Waals surface area contributed by atoms with Gasteiger partial charge >= 0.3 is 7.52 Å².